The number of nitrogens with one attached hydrogen (secondary N) is 1. The summed E-state index contributed by atoms with van der Waals surface area (Å²) < 4.78 is 5.53. The Balaban J connectivity index is 2.12. The third-order valence-corrected chi connectivity index (χ3v) is 2.80. The highest BCUT2D eigenvalue weighted by Crippen LogP contribution is 2.20. The quantitative estimate of drug-likeness (QED) is 0.796. The van der Waals surface area contributed by atoms with E-state index in [9.17, 15) is 0 Å². The number of nitrogens with zero attached hydrogens (tertiary/aromatic N) is 2. The highest BCUT2D eigenvalue weighted by molar-refractivity contribution is 7.80. The van der Waals surface area contributed by atoms with Crippen molar-refractivity contribution in [2.45, 2.75) is 13.3 Å². The van der Waals surface area contributed by atoms with E-state index in [-0.39, 0.29) is 4.99 Å². The van der Waals surface area contributed by atoms with Gasteiger partial charge in [-0.1, -0.05) is 19.1 Å². The molecule has 0 amide bonds. The van der Waals surface area contributed by atoms with Crippen molar-refractivity contribution in [2.75, 3.05) is 11.9 Å². The fourth-order valence-electron chi connectivity index (χ4n) is 1.61. The molecule has 1 aromatic carbocycles. The first-order valence-electron chi connectivity index (χ1n) is 6.32. The van der Waals surface area contributed by atoms with Crippen LogP contribution in [-0.2, 0) is 0 Å². The monoisotopic (exact) mass is 288 g/mol. The number of nitrogens with two attached hydrogens (primary N) is 1. The highest BCUT2D eigenvalue weighted by Gasteiger charge is 2.07. The lowest BCUT2D eigenvalue weighted by Gasteiger charge is -2.10. The topological polar surface area (TPSA) is 73.1 Å². The Hall–Kier alpha value is -2.21. The Labute approximate surface area is 123 Å². The summed E-state index contributed by atoms with van der Waals surface area (Å²) >= 11 is 4.98. The second-order valence-corrected chi connectivity index (χ2v) is 4.60. The summed E-state index contributed by atoms with van der Waals surface area (Å²) in [4.78, 5) is 0.283. The lowest BCUT2D eigenvalue weighted by molar-refractivity contribution is 0.317. The predicted octanol–water partition coefficient (Wildman–Crippen LogP) is 2.64. The molecule has 0 aliphatic heterocycles. The minimum Gasteiger partial charge on any atom is -0.494 e. The van der Waals surface area contributed by atoms with Crippen LogP contribution in [0.1, 0.15) is 18.9 Å². The molecule has 0 radical (unpaired) electrons. The smallest absolute Gasteiger partial charge is 0.163 e. The van der Waals surface area contributed by atoms with Gasteiger partial charge in [-0.3, -0.25) is 0 Å². The highest BCUT2D eigenvalue weighted by atomic mass is 32.1. The minimum absolute atomic E-state index is 0.283. The number of hydrogen-bond acceptors (Lipinski definition) is 5. The van der Waals surface area contributed by atoms with Crippen molar-refractivity contribution < 1.29 is 4.74 Å². The predicted molar refractivity (Wildman–Crippen MR) is 83.4 cm³/mol. The van der Waals surface area contributed by atoms with Crippen molar-refractivity contribution >= 4 is 28.7 Å². The Morgan fingerprint density at radius 2 is 2.05 bits per heavy atom. The molecule has 1 heterocycles. The molecule has 104 valence electrons. The van der Waals surface area contributed by atoms with E-state index >= 15 is 0 Å². The van der Waals surface area contributed by atoms with Crippen LogP contribution in [0.25, 0.3) is 0 Å². The largest absolute Gasteiger partial charge is 0.494 e. The van der Waals surface area contributed by atoms with Crippen LogP contribution in [0.15, 0.2) is 36.5 Å². The average Bonchev–Trinajstić information content (AvgIpc) is 2.47. The van der Waals surface area contributed by atoms with Crippen molar-refractivity contribution in [3.63, 3.8) is 0 Å². The number of ether oxygens (including phenoxy) is 1. The molecular formula is C14H16N4OS. The van der Waals surface area contributed by atoms with Gasteiger partial charge in [-0.25, -0.2) is 0 Å². The van der Waals surface area contributed by atoms with Gasteiger partial charge in [0.15, 0.2) is 5.82 Å². The number of aromatic nitrogens is 2. The molecule has 20 heavy (non-hydrogen) atoms. The molecule has 0 aliphatic carbocycles. The average molecular weight is 288 g/mol. The van der Waals surface area contributed by atoms with E-state index in [1.54, 1.807) is 12.3 Å². The molecule has 6 heteroatoms. The van der Waals surface area contributed by atoms with E-state index in [1.165, 1.54) is 0 Å². The van der Waals surface area contributed by atoms with E-state index in [0.717, 1.165) is 17.9 Å². The van der Waals surface area contributed by atoms with E-state index in [0.29, 0.717) is 18.0 Å². The van der Waals surface area contributed by atoms with E-state index in [4.69, 9.17) is 22.7 Å². The van der Waals surface area contributed by atoms with Gasteiger partial charge in [0.1, 0.15) is 10.7 Å². The first-order chi connectivity index (χ1) is 9.70. The van der Waals surface area contributed by atoms with E-state index in [1.807, 2.05) is 24.3 Å². The third kappa shape index (κ3) is 3.64. The van der Waals surface area contributed by atoms with Crippen LogP contribution < -0.4 is 15.8 Å². The van der Waals surface area contributed by atoms with Crippen LogP contribution >= 0.6 is 12.2 Å². The number of thiocarbonyl (C=S) groups is 1. The van der Waals surface area contributed by atoms with Crippen LogP contribution in [0, 0.1) is 0 Å². The number of rotatable bonds is 6. The summed E-state index contributed by atoms with van der Waals surface area (Å²) in [6.07, 6.45) is 2.54. The molecule has 0 saturated carbocycles. The molecule has 0 unspecified atom stereocenters. The Morgan fingerprint density at radius 1 is 1.30 bits per heavy atom. The second kappa shape index (κ2) is 6.81. The maximum absolute atomic E-state index is 5.65. The molecule has 5 nitrogen and oxygen atoms in total. The van der Waals surface area contributed by atoms with Gasteiger partial charge < -0.3 is 15.8 Å². The summed E-state index contributed by atoms with van der Waals surface area (Å²) in [5.41, 5.74) is 7.19. The maximum atomic E-state index is 5.65. The molecule has 0 spiro atoms. The molecule has 0 bridgehead atoms. The van der Waals surface area contributed by atoms with Crippen LogP contribution in [-0.4, -0.2) is 21.8 Å². The lowest BCUT2D eigenvalue weighted by Crippen LogP contribution is -2.13. The van der Waals surface area contributed by atoms with E-state index < -0.39 is 0 Å². The van der Waals surface area contributed by atoms with Crippen molar-refractivity contribution in [3.05, 3.63) is 42.1 Å². The van der Waals surface area contributed by atoms with Gasteiger partial charge in [0.25, 0.3) is 0 Å². The zero-order valence-electron chi connectivity index (χ0n) is 11.2. The zero-order valence-corrected chi connectivity index (χ0v) is 12.0. The second-order valence-electron chi connectivity index (χ2n) is 4.16. The fraction of sp³-hybridized carbons (Fsp3) is 0.214. The molecule has 1 aromatic heterocycles. The van der Waals surface area contributed by atoms with Crippen molar-refractivity contribution in [1.29, 1.82) is 0 Å². The standard InChI is InChI=1S/C14H16N4OS/c1-2-9-19-11-5-3-10(4-6-11)17-14-12(13(15)20)7-8-16-18-14/h3-8H,2,9H2,1H3,(H2,15,20)(H,17,18). The van der Waals surface area contributed by atoms with Gasteiger partial charge >= 0.3 is 0 Å². The van der Waals surface area contributed by atoms with Crippen molar-refractivity contribution in [1.82, 2.24) is 10.2 Å². The van der Waals surface area contributed by atoms with Crippen molar-refractivity contribution in [3.8, 4) is 5.75 Å². The van der Waals surface area contributed by atoms with Gasteiger partial charge in [0.05, 0.1) is 18.4 Å². The van der Waals surface area contributed by atoms with Gasteiger partial charge in [0.2, 0.25) is 0 Å². The lowest BCUT2D eigenvalue weighted by atomic mass is 10.2. The number of anilines is 2. The summed E-state index contributed by atoms with van der Waals surface area (Å²) in [7, 11) is 0. The molecule has 0 aliphatic rings. The Bertz CT molecular complexity index is 586. The van der Waals surface area contributed by atoms with Gasteiger partial charge in [-0.15, -0.1) is 5.10 Å². The van der Waals surface area contributed by atoms with Crippen molar-refractivity contribution in [2.24, 2.45) is 5.73 Å². The maximum Gasteiger partial charge on any atom is 0.163 e. The van der Waals surface area contributed by atoms with Crippen LogP contribution in [0.2, 0.25) is 0 Å². The first-order valence-corrected chi connectivity index (χ1v) is 6.73. The fourth-order valence-corrected chi connectivity index (χ4v) is 1.78. The van der Waals surface area contributed by atoms with Crippen LogP contribution in [0.3, 0.4) is 0 Å². The molecule has 0 fully saturated rings. The summed E-state index contributed by atoms with van der Waals surface area (Å²) in [6, 6.07) is 9.34. The normalized spacial score (nSPS) is 10.1. The Morgan fingerprint density at radius 3 is 2.70 bits per heavy atom. The molecule has 0 saturated heterocycles. The molecular weight excluding hydrogens is 272 g/mol. The molecule has 2 rings (SSSR count). The van der Waals surface area contributed by atoms with Gasteiger partial charge in [0, 0.05) is 5.69 Å². The first kappa shape index (κ1) is 14.2. The molecule has 2 aromatic rings. The van der Waals surface area contributed by atoms with Gasteiger partial charge in [-0.05, 0) is 36.8 Å². The zero-order chi connectivity index (χ0) is 14.4. The SMILES string of the molecule is CCCOc1ccc(Nc2nnccc2C(N)=S)cc1. The molecule has 3 N–H and O–H groups in total. The third-order valence-electron chi connectivity index (χ3n) is 2.58. The van der Waals surface area contributed by atoms with E-state index in [2.05, 4.69) is 22.4 Å². The Kier molecular flexibility index (Phi) is 4.84. The summed E-state index contributed by atoms with van der Waals surface area (Å²) in [5, 5.41) is 11.0. The number of hydrogen-bond donors (Lipinski definition) is 2. The minimum atomic E-state index is 0.283. The van der Waals surface area contributed by atoms with Crippen LogP contribution in [0.4, 0.5) is 11.5 Å². The van der Waals surface area contributed by atoms with Gasteiger partial charge in [-0.2, -0.15) is 5.10 Å². The number of benzene rings is 1. The summed E-state index contributed by atoms with van der Waals surface area (Å²) in [6.45, 7) is 2.78. The summed E-state index contributed by atoms with van der Waals surface area (Å²) in [5.74, 6) is 1.38. The molecule has 0 atom stereocenters. The van der Waals surface area contributed by atoms with Crippen LogP contribution in [0.5, 0.6) is 5.75 Å².